The Bertz CT molecular complexity index is 391. The third kappa shape index (κ3) is 5.08. The van der Waals surface area contributed by atoms with Crippen molar-refractivity contribution in [3.8, 4) is 0 Å². The van der Waals surface area contributed by atoms with E-state index >= 15 is 0 Å². The fraction of sp³-hybridized carbons (Fsp3) is 0.722. The second-order valence-corrected chi connectivity index (χ2v) is 6.99. The van der Waals surface area contributed by atoms with E-state index in [0.29, 0.717) is 5.41 Å². The molecule has 0 saturated heterocycles. The van der Waals surface area contributed by atoms with Crippen LogP contribution < -0.4 is 5.32 Å². The Kier molecular flexibility index (Phi) is 6.19. The first-order valence-electron chi connectivity index (χ1n) is 8.42. The van der Waals surface area contributed by atoms with Crippen LogP contribution in [-0.4, -0.2) is 36.6 Å². The Hall–Kier alpha value is -0.930. The van der Waals surface area contributed by atoms with E-state index in [-0.39, 0.29) is 0 Å². The smallest absolute Gasteiger partial charge is 0.0271 e. The lowest BCUT2D eigenvalue weighted by molar-refractivity contribution is 0.0964. The van der Waals surface area contributed by atoms with E-state index in [1.165, 1.54) is 37.8 Å². The van der Waals surface area contributed by atoms with Gasteiger partial charge in [0.05, 0.1) is 0 Å². The Morgan fingerprint density at radius 3 is 2.57 bits per heavy atom. The highest BCUT2D eigenvalue weighted by molar-refractivity contribution is 5.09. The van der Waals surface area contributed by atoms with Crippen molar-refractivity contribution in [3.63, 3.8) is 0 Å². The van der Waals surface area contributed by atoms with Gasteiger partial charge in [-0.1, -0.05) is 26.7 Å². The Labute approximate surface area is 130 Å². The lowest BCUT2D eigenvalue weighted by atomic mass is 9.70. The van der Waals surface area contributed by atoms with Crippen molar-refractivity contribution in [2.75, 3.05) is 26.7 Å². The van der Waals surface area contributed by atoms with Crippen molar-refractivity contribution >= 4 is 0 Å². The van der Waals surface area contributed by atoms with Gasteiger partial charge in [0.25, 0.3) is 0 Å². The number of aromatic nitrogens is 1. The molecule has 118 valence electrons. The predicted molar refractivity (Wildman–Crippen MR) is 89.2 cm³/mol. The Balaban J connectivity index is 1.94. The molecule has 1 saturated carbocycles. The minimum Gasteiger partial charge on any atom is -0.316 e. The largest absolute Gasteiger partial charge is 0.316 e. The van der Waals surface area contributed by atoms with E-state index in [2.05, 4.69) is 48.2 Å². The van der Waals surface area contributed by atoms with E-state index in [0.717, 1.165) is 25.6 Å². The van der Waals surface area contributed by atoms with Gasteiger partial charge in [-0.2, -0.15) is 0 Å². The molecule has 0 amide bonds. The molecule has 2 rings (SSSR count). The van der Waals surface area contributed by atoms with Gasteiger partial charge in [-0.25, -0.2) is 0 Å². The normalized spacial score (nSPS) is 26.2. The van der Waals surface area contributed by atoms with Crippen molar-refractivity contribution in [3.05, 3.63) is 30.1 Å². The lowest BCUT2D eigenvalue weighted by Gasteiger charge is -2.42. The number of pyridine rings is 1. The molecule has 0 unspecified atom stereocenters. The number of nitrogens with zero attached hydrogens (tertiary/aromatic N) is 2. The first-order chi connectivity index (χ1) is 10.1. The zero-order valence-corrected chi connectivity index (χ0v) is 13.9. The second-order valence-electron chi connectivity index (χ2n) is 6.99. The van der Waals surface area contributed by atoms with Gasteiger partial charge in [-0.05, 0) is 55.5 Å². The van der Waals surface area contributed by atoms with E-state index < -0.39 is 0 Å². The molecule has 1 aliphatic rings. The van der Waals surface area contributed by atoms with Crippen LogP contribution in [0.5, 0.6) is 0 Å². The van der Waals surface area contributed by atoms with E-state index in [1.807, 2.05) is 12.4 Å². The quantitative estimate of drug-likeness (QED) is 0.834. The molecule has 0 radical (unpaired) electrons. The molecule has 0 atom stereocenters. The summed E-state index contributed by atoms with van der Waals surface area (Å²) in [5.41, 5.74) is 1.82. The van der Waals surface area contributed by atoms with Crippen LogP contribution >= 0.6 is 0 Å². The maximum atomic E-state index is 4.10. The fourth-order valence-corrected chi connectivity index (χ4v) is 3.58. The van der Waals surface area contributed by atoms with Crippen molar-refractivity contribution in [1.29, 1.82) is 0 Å². The average Bonchev–Trinajstić information content (AvgIpc) is 2.49. The van der Waals surface area contributed by atoms with Gasteiger partial charge in [0, 0.05) is 32.0 Å². The molecular formula is C18H31N3. The summed E-state index contributed by atoms with van der Waals surface area (Å²) >= 11 is 0. The topological polar surface area (TPSA) is 28.2 Å². The van der Waals surface area contributed by atoms with Gasteiger partial charge < -0.3 is 10.2 Å². The van der Waals surface area contributed by atoms with Crippen LogP contribution in [0.25, 0.3) is 0 Å². The highest BCUT2D eigenvalue weighted by atomic mass is 15.1. The molecular weight excluding hydrogens is 258 g/mol. The zero-order chi connectivity index (χ0) is 15.1. The number of nitrogens with one attached hydrogen (secondary N) is 1. The molecule has 3 heteroatoms. The van der Waals surface area contributed by atoms with Crippen molar-refractivity contribution in [2.24, 2.45) is 11.3 Å². The summed E-state index contributed by atoms with van der Waals surface area (Å²) in [6, 6.07) is 4.24. The Morgan fingerprint density at radius 1 is 1.29 bits per heavy atom. The summed E-state index contributed by atoms with van der Waals surface area (Å²) in [6.07, 6.45) is 9.27. The van der Waals surface area contributed by atoms with E-state index in [9.17, 15) is 0 Å². The van der Waals surface area contributed by atoms with Gasteiger partial charge >= 0.3 is 0 Å². The fourth-order valence-electron chi connectivity index (χ4n) is 3.58. The SMILES string of the molecule is CCNCC1(CN(C)Cc2ccncc2)CCC(C)CC1. The van der Waals surface area contributed by atoms with Gasteiger partial charge in [-0.15, -0.1) is 0 Å². The first-order valence-corrected chi connectivity index (χ1v) is 8.42. The maximum Gasteiger partial charge on any atom is 0.0271 e. The van der Waals surface area contributed by atoms with Gasteiger partial charge in [0.15, 0.2) is 0 Å². The minimum atomic E-state index is 0.463. The highest BCUT2D eigenvalue weighted by Crippen LogP contribution is 2.39. The maximum absolute atomic E-state index is 4.10. The van der Waals surface area contributed by atoms with Crippen molar-refractivity contribution in [1.82, 2.24) is 15.2 Å². The summed E-state index contributed by atoms with van der Waals surface area (Å²) in [5.74, 6) is 0.908. The highest BCUT2D eigenvalue weighted by Gasteiger charge is 2.34. The van der Waals surface area contributed by atoms with Crippen LogP contribution in [0, 0.1) is 11.3 Å². The zero-order valence-electron chi connectivity index (χ0n) is 13.9. The lowest BCUT2D eigenvalue weighted by Crippen LogP contribution is -2.45. The van der Waals surface area contributed by atoms with Crippen LogP contribution in [0.2, 0.25) is 0 Å². The summed E-state index contributed by atoms with van der Waals surface area (Å²) in [5, 5.41) is 3.61. The molecule has 1 aliphatic carbocycles. The molecule has 0 bridgehead atoms. The molecule has 0 aromatic carbocycles. The number of hydrogen-bond acceptors (Lipinski definition) is 3. The van der Waals surface area contributed by atoms with Crippen LogP contribution in [0.1, 0.15) is 45.1 Å². The average molecular weight is 289 g/mol. The second kappa shape index (κ2) is 7.90. The summed E-state index contributed by atoms with van der Waals surface area (Å²) < 4.78 is 0. The molecule has 1 N–H and O–H groups in total. The monoisotopic (exact) mass is 289 g/mol. The molecule has 0 spiro atoms. The number of hydrogen-bond donors (Lipinski definition) is 1. The molecule has 21 heavy (non-hydrogen) atoms. The molecule has 1 fully saturated rings. The summed E-state index contributed by atoms with van der Waals surface area (Å²) in [7, 11) is 2.26. The predicted octanol–water partition coefficient (Wildman–Crippen LogP) is 3.32. The molecule has 1 aromatic rings. The van der Waals surface area contributed by atoms with Gasteiger partial charge in [0.1, 0.15) is 0 Å². The minimum absolute atomic E-state index is 0.463. The summed E-state index contributed by atoms with van der Waals surface area (Å²) in [6.45, 7) is 9.06. The van der Waals surface area contributed by atoms with Crippen LogP contribution in [0.3, 0.4) is 0 Å². The third-order valence-electron chi connectivity index (χ3n) is 4.89. The van der Waals surface area contributed by atoms with Crippen LogP contribution in [0.4, 0.5) is 0 Å². The molecule has 0 aliphatic heterocycles. The van der Waals surface area contributed by atoms with Gasteiger partial charge in [-0.3, -0.25) is 4.98 Å². The van der Waals surface area contributed by atoms with E-state index in [1.54, 1.807) is 0 Å². The molecule has 3 nitrogen and oxygen atoms in total. The molecule has 1 heterocycles. The van der Waals surface area contributed by atoms with Crippen LogP contribution in [0.15, 0.2) is 24.5 Å². The van der Waals surface area contributed by atoms with Gasteiger partial charge in [0.2, 0.25) is 0 Å². The standard InChI is InChI=1S/C18H31N3/c1-4-19-14-18(9-5-16(2)6-10-18)15-21(3)13-17-7-11-20-12-8-17/h7-8,11-12,16,19H,4-6,9-10,13-15H2,1-3H3. The molecule has 1 aromatic heterocycles. The summed E-state index contributed by atoms with van der Waals surface area (Å²) in [4.78, 5) is 6.59. The Morgan fingerprint density at radius 2 is 1.95 bits per heavy atom. The number of rotatable bonds is 7. The van der Waals surface area contributed by atoms with Crippen LogP contribution in [-0.2, 0) is 6.54 Å². The first kappa shape index (κ1) is 16.4. The van der Waals surface area contributed by atoms with Crippen molar-refractivity contribution in [2.45, 2.75) is 46.1 Å². The van der Waals surface area contributed by atoms with Crippen molar-refractivity contribution < 1.29 is 0 Å². The van der Waals surface area contributed by atoms with E-state index in [4.69, 9.17) is 0 Å². The third-order valence-corrected chi connectivity index (χ3v) is 4.89.